The molecule has 0 spiro atoms. The lowest BCUT2D eigenvalue weighted by molar-refractivity contribution is -0.0194. The summed E-state index contributed by atoms with van der Waals surface area (Å²) in [5.74, 6) is 0.909. The molecule has 1 aromatic carbocycles. The van der Waals surface area contributed by atoms with Gasteiger partial charge in [0, 0.05) is 12.7 Å². The van der Waals surface area contributed by atoms with Gasteiger partial charge in [0.15, 0.2) is 5.78 Å². The standard InChI is InChI=1S/C16H22O3/c1-3-19-14-9-7-13(8-10-14)15(17)16(18-2)11-5-4-6-12-16/h7-10H,3-6,11-12H2,1-2H3. The Kier molecular flexibility index (Phi) is 4.59. The third-order valence-electron chi connectivity index (χ3n) is 3.89. The van der Waals surface area contributed by atoms with E-state index in [1.807, 2.05) is 31.2 Å². The zero-order valence-electron chi connectivity index (χ0n) is 11.8. The van der Waals surface area contributed by atoms with Crippen LogP contribution < -0.4 is 4.74 Å². The molecule has 2 rings (SSSR count). The molecule has 3 heteroatoms. The molecule has 0 aromatic heterocycles. The van der Waals surface area contributed by atoms with E-state index < -0.39 is 5.60 Å². The number of hydrogen-bond donors (Lipinski definition) is 0. The van der Waals surface area contributed by atoms with Crippen molar-refractivity contribution >= 4 is 5.78 Å². The first-order chi connectivity index (χ1) is 9.22. The molecule has 0 unspecified atom stereocenters. The molecule has 0 amide bonds. The van der Waals surface area contributed by atoms with Crippen molar-refractivity contribution in [1.29, 1.82) is 0 Å². The van der Waals surface area contributed by atoms with Gasteiger partial charge in [0.05, 0.1) is 6.61 Å². The Morgan fingerprint density at radius 1 is 1.16 bits per heavy atom. The molecule has 3 nitrogen and oxygen atoms in total. The number of rotatable bonds is 5. The van der Waals surface area contributed by atoms with Gasteiger partial charge in [-0.25, -0.2) is 0 Å². The van der Waals surface area contributed by atoms with Crippen molar-refractivity contribution in [3.8, 4) is 5.75 Å². The fourth-order valence-corrected chi connectivity index (χ4v) is 2.78. The maximum Gasteiger partial charge on any atom is 0.194 e. The van der Waals surface area contributed by atoms with E-state index in [9.17, 15) is 4.79 Å². The number of carbonyl (C=O) groups is 1. The second-order valence-corrected chi connectivity index (χ2v) is 5.05. The van der Waals surface area contributed by atoms with Crippen LogP contribution in [0, 0.1) is 0 Å². The number of carbonyl (C=O) groups excluding carboxylic acids is 1. The quantitative estimate of drug-likeness (QED) is 0.760. The Balaban J connectivity index is 2.17. The Morgan fingerprint density at radius 3 is 2.32 bits per heavy atom. The zero-order valence-corrected chi connectivity index (χ0v) is 11.8. The molecule has 104 valence electrons. The van der Waals surface area contributed by atoms with Crippen molar-refractivity contribution in [3.63, 3.8) is 0 Å². The number of methoxy groups -OCH3 is 1. The maximum absolute atomic E-state index is 12.7. The van der Waals surface area contributed by atoms with E-state index in [1.54, 1.807) is 7.11 Å². The van der Waals surface area contributed by atoms with Crippen molar-refractivity contribution in [3.05, 3.63) is 29.8 Å². The fraction of sp³-hybridized carbons (Fsp3) is 0.562. The lowest BCUT2D eigenvalue weighted by Gasteiger charge is -2.34. The molecule has 1 aliphatic carbocycles. The van der Waals surface area contributed by atoms with Gasteiger partial charge in [-0.15, -0.1) is 0 Å². The average Bonchev–Trinajstić information content (AvgIpc) is 2.48. The normalized spacial score (nSPS) is 18.0. The predicted octanol–water partition coefficient (Wildman–Crippen LogP) is 3.62. The lowest BCUT2D eigenvalue weighted by atomic mass is 9.79. The fourth-order valence-electron chi connectivity index (χ4n) is 2.78. The summed E-state index contributed by atoms with van der Waals surface area (Å²) in [5.41, 5.74) is 0.109. The molecule has 0 N–H and O–H groups in total. The smallest absolute Gasteiger partial charge is 0.194 e. The molecule has 1 fully saturated rings. The van der Waals surface area contributed by atoms with Crippen LogP contribution in [0.15, 0.2) is 24.3 Å². The van der Waals surface area contributed by atoms with Crippen molar-refractivity contribution in [1.82, 2.24) is 0 Å². The zero-order chi connectivity index (χ0) is 13.7. The summed E-state index contributed by atoms with van der Waals surface area (Å²) in [6.07, 6.45) is 4.99. The van der Waals surface area contributed by atoms with Crippen LogP contribution in [0.25, 0.3) is 0 Å². The van der Waals surface area contributed by atoms with Gasteiger partial charge in [0.25, 0.3) is 0 Å². The van der Waals surface area contributed by atoms with E-state index >= 15 is 0 Å². The molecule has 0 saturated heterocycles. The summed E-state index contributed by atoms with van der Waals surface area (Å²) < 4.78 is 11.0. The maximum atomic E-state index is 12.7. The molecule has 1 aliphatic rings. The molecule has 0 aliphatic heterocycles. The van der Waals surface area contributed by atoms with Crippen molar-refractivity contribution < 1.29 is 14.3 Å². The molecule has 0 radical (unpaired) electrons. The largest absolute Gasteiger partial charge is 0.494 e. The molecule has 0 atom stereocenters. The van der Waals surface area contributed by atoms with Gasteiger partial charge in [-0.1, -0.05) is 19.3 Å². The predicted molar refractivity (Wildman–Crippen MR) is 74.8 cm³/mol. The number of ketones is 1. The van der Waals surface area contributed by atoms with Crippen LogP contribution in [0.3, 0.4) is 0 Å². The van der Waals surface area contributed by atoms with E-state index in [0.29, 0.717) is 12.2 Å². The van der Waals surface area contributed by atoms with Gasteiger partial charge < -0.3 is 9.47 Å². The third-order valence-corrected chi connectivity index (χ3v) is 3.89. The van der Waals surface area contributed by atoms with Crippen LogP contribution in [-0.2, 0) is 4.74 Å². The van der Waals surface area contributed by atoms with Gasteiger partial charge in [-0.05, 0) is 44.0 Å². The Hall–Kier alpha value is -1.35. The highest BCUT2D eigenvalue weighted by Gasteiger charge is 2.39. The Bertz CT molecular complexity index is 416. The minimum Gasteiger partial charge on any atom is -0.494 e. The van der Waals surface area contributed by atoms with Crippen LogP contribution in [0.5, 0.6) is 5.75 Å². The summed E-state index contributed by atoms with van der Waals surface area (Å²) >= 11 is 0. The number of ether oxygens (including phenoxy) is 2. The number of hydrogen-bond acceptors (Lipinski definition) is 3. The van der Waals surface area contributed by atoms with Crippen LogP contribution in [0.1, 0.15) is 49.4 Å². The third kappa shape index (κ3) is 2.98. The molecule has 1 saturated carbocycles. The summed E-state index contributed by atoms with van der Waals surface area (Å²) in [5, 5.41) is 0. The summed E-state index contributed by atoms with van der Waals surface area (Å²) in [4.78, 5) is 12.7. The van der Waals surface area contributed by atoms with Crippen LogP contribution >= 0.6 is 0 Å². The van der Waals surface area contributed by atoms with Crippen LogP contribution in [0.2, 0.25) is 0 Å². The molecule has 0 bridgehead atoms. The monoisotopic (exact) mass is 262 g/mol. The van der Waals surface area contributed by atoms with E-state index in [0.717, 1.165) is 31.4 Å². The minimum absolute atomic E-state index is 0.109. The first kappa shape index (κ1) is 14.1. The first-order valence-electron chi connectivity index (χ1n) is 7.04. The van der Waals surface area contributed by atoms with Gasteiger partial charge in [-0.2, -0.15) is 0 Å². The second kappa shape index (κ2) is 6.20. The van der Waals surface area contributed by atoms with E-state index in [-0.39, 0.29) is 5.78 Å². The molecule has 19 heavy (non-hydrogen) atoms. The van der Waals surface area contributed by atoms with Crippen molar-refractivity contribution in [2.45, 2.75) is 44.6 Å². The molecule has 1 aromatic rings. The van der Waals surface area contributed by atoms with E-state index in [1.165, 1.54) is 6.42 Å². The van der Waals surface area contributed by atoms with Gasteiger partial charge in [0.2, 0.25) is 0 Å². The average molecular weight is 262 g/mol. The summed E-state index contributed by atoms with van der Waals surface area (Å²) in [6.45, 7) is 2.58. The minimum atomic E-state index is -0.606. The SMILES string of the molecule is CCOc1ccc(C(=O)C2(OC)CCCCC2)cc1. The highest BCUT2D eigenvalue weighted by molar-refractivity contribution is 6.02. The van der Waals surface area contributed by atoms with Crippen molar-refractivity contribution in [2.75, 3.05) is 13.7 Å². The Morgan fingerprint density at radius 2 is 1.79 bits per heavy atom. The number of benzene rings is 1. The van der Waals surface area contributed by atoms with E-state index in [2.05, 4.69) is 0 Å². The first-order valence-corrected chi connectivity index (χ1v) is 7.04. The highest BCUT2D eigenvalue weighted by Crippen LogP contribution is 2.34. The molecular formula is C16H22O3. The molecule has 0 heterocycles. The van der Waals surface area contributed by atoms with Crippen LogP contribution in [-0.4, -0.2) is 25.1 Å². The van der Waals surface area contributed by atoms with E-state index in [4.69, 9.17) is 9.47 Å². The second-order valence-electron chi connectivity index (χ2n) is 5.05. The number of Topliss-reactive ketones (excluding diaryl/α,β-unsaturated/α-hetero) is 1. The van der Waals surface area contributed by atoms with Gasteiger partial charge >= 0.3 is 0 Å². The Labute approximate surface area is 114 Å². The van der Waals surface area contributed by atoms with Gasteiger partial charge in [0.1, 0.15) is 11.4 Å². The highest BCUT2D eigenvalue weighted by atomic mass is 16.5. The van der Waals surface area contributed by atoms with Gasteiger partial charge in [-0.3, -0.25) is 4.79 Å². The van der Waals surface area contributed by atoms with Crippen LogP contribution in [0.4, 0.5) is 0 Å². The lowest BCUT2D eigenvalue weighted by Crippen LogP contribution is -2.42. The summed E-state index contributed by atoms with van der Waals surface area (Å²) in [6, 6.07) is 7.37. The summed E-state index contributed by atoms with van der Waals surface area (Å²) in [7, 11) is 1.65. The topological polar surface area (TPSA) is 35.5 Å². The van der Waals surface area contributed by atoms with Crippen molar-refractivity contribution in [2.24, 2.45) is 0 Å². The molecular weight excluding hydrogens is 240 g/mol.